The van der Waals surface area contributed by atoms with Gasteiger partial charge in [-0.25, -0.2) is 0 Å². The van der Waals surface area contributed by atoms with Crippen LogP contribution in [0, 0.1) is 6.92 Å². The lowest BCUT2D eigenvalue weighted by Crippen LogP contribution is -2.46. The topological polar surface area (TPSA) is 93.0 Å². The lowest BCUT2D eigenvalue weighted by molar-refractivity contribution is -0.117. The third-order valence-corrected chi connectivity index (χ3v) is 5.39. The fourth-order valence-corrected chi connectivity index (χ4v) is 3.74. The molecule has 2 aromatic rings. The molecule has 2 aliphatic heterocycles. The Hall–Kier alpha value is -3.00. The second-order valence-electron chi connectivity index (χ2n) is 7.72. The summed E-state index contributed by atoms with van der Waals surface area (Å²) in [6.07, 6.45) is 3.95. The summed E-state index contributed by atoms with van der Waals surface area (Å²) < 4.78 is 16.5. The number of aryl methyl sites for hydroxylation is 1. The van der Waals surface area contributed by atoms with Crippen LogP contribution in [0.1, 0.15) is 35.4 Å². The van der Waals surface area contributed by atoms with E-state index in [9.17, 15) is 9.59 Å². The van der Waals surface area contributed by atoms with Gasteiger partial charge in [0.1, 0.15) is 0 Å². The van der Waals surface area contributed by atoms with Gasteiger partial charge in [0.2, 0.25) is 5.91 Å². The Morgan fingerprint density at radius 3 is 2.60 bits per heavy atom. The molecule has 2 aliphatic rings. The fourth-order valence-electron chi connectivity index (χ4n) is 3.74. The smallest absolute Gasteiger partial charge is 0.287 e. The monoisotopic (exact) mass is 413 g/mol. The molecule has 0 atom stereocenters. The van der Waals surface area contributed by atoms with Gasteiger partial charge in [-0.3, -0.25) is 14.5 Å². The van der Waals surface area contributed by atoms with Crippen molar-refractivity contribution in [3.05, 3.63) is 41.9 Å². The number of ether oxygens (including phenoxy) is 2. The third kappa shape index (κ3) is 4.94. The van der Waals surface area contributed by atoms with Crippen LogP contribution in [0.3, 0.4) is 0 Å². The van der Waals surface area contributed by atoms with Gasteiger partial charge in [-0.1, -0.05) is 0 Å². The second kappa shape index (κ2) is 9.21. The summed E-state index contributed by atoms with van der Waals surface area (Å²) in [5, 5.41) is 5.95. The number of carbonyl (C=O) groups is 2. The summed E-state index contributed by atoms with van der Waals surface area (Å²) in [7, 11) is 0. The molecule has 30 heavy (non-hydrogen) atoms. The van der Waals surface area contributed by atoms with Gasteiger partial charge >= 0.3 is 0 Å². The standard InChI is InChI=1S/C22H27N3O5/c1-15-7-12-30-21(15)22(27)24-16-5-8-25(9-6-16)14-20(26)23-17-3-4-18-19(13-17)29-11-2-10-28-18/h3-4,7,12-13,16H,2,5-6,8-11,14H2,1H3,(H,23,26)(H,24,27). The number of anilines is 1. The number of likely N-dealkylation sites (tertiary alicyclic amines) is 1. The Morgan fingerprint density at radius 2 is 1.87 bits per heavy atom. The first-order valence-corrected chi connectivity index (χ1v) is 10.4. The minimum absolute atomic E-state index is 0.0711. The summed E-state index contributed by atoms with van der Waals surface area (Å²) in [4.78, 5) is 26.8. The Kier molecular flexibility index (Phi) is 6.23. The van der Waals surface area contributed by atoms with E-state index in [1.807, 2.05) is 19.1 Å². The molecule has 8 heteroatoms. The minimum Gasteiger partial charge on any atom is -0.490 e. The highest BCUT2D eigenvalue weighted by molar-refractivity contribution is 5.93. The van der Waals surface area contributed by atoms with Crippen molar-refractivity contribution in [1.82, 2.24) is 10.2 Å². The van der Waals surface area contributed by atoms with Gasteiger partial charge in [0.25, 0.3) is 5.91 Å². The minimum atomic E-state index is -0.178. The molecule has 1 fully saturated rings. The number of hydrogen-bond donors (Lipinski definition) is 2. The lowest BCUT2D eigenvalue weighted by Gasteiger charge is -2.31. The number of rotatable bonds is 5. The average Bonchev–Trinajstić information content (AvgIpc) is 3.02. The SMILES string of the molecule is Cc1ccoc1C(=O)NC1CCN(CC(=O)Nc2ccc3c(c2)OCCCO3)CC1. The van der Waals surface area contributed by atoms with Gasteiger partial charge in [-0.2, -0.15) is 0 Å². The van der Waals surface area contributed by atoms with Gasteiger partial charge in [0.05, 0.1) is 26.0 Å². The third-order valence-electron chi connectivity index (χ3n) is 5.39. The molecule has 0 spiro atoms. The van der Waals surface area contributed by atoms with E-state index in [4.69, 9.17) is 13.9 Å². The van der Waals surface area contributed by atoms with Gasteiger partial charge in [0, 0.05) is 42.9 Å². The summed E-state index contributed by atoms with van der Waals surface area (Å²) in [5.41, 5.74) is 1.52. The molecule has 3 heterocycles. The summed E-state index contributed by atoms with van der Waals surface area (Å²) in [6, 6.07) is 7.31. The van der Waals surface area contributed by atoms with Crippen molar-refractivity contribution in [3.63, 3.8) is 0 Å². The van der Waals surface area contributed by atoms with Crippen molar-refractivity contribution in [1.29, 1.82) is 0 Å². The molecule has 160 valence electrons. The van der Waals surface area contributed by atoms with Crippen LogP contribution in [0.25, 0.3) is 0 Å². The molecular weight excluding hydrogens is 386 g/mol. The quantitative estimate of drug-likeness (QED) is 0.783. The molecule has 0 radical (unpaired) electrons. The van der Waals surface area contributed by atoms with E-state index in [0.717, 1.165) is 37.9 Å². The van der Waals surface area contributed by atoms with E-state index in [0.29, 0.717) is 42.7 Å². The Labute approximate surface area is 175 Å². The molecule has 2 amide bonds. The van der Waals surface area contributed by atoms with Crippen LogP contribution in [0.5, 0.6) is 11.5 Å². The highest BCUT2D eigenvalue weighted by atomic mass is 16.5. The normalized spacial score (nSPS) is 17.2. The number of furan rings is 1. The van der Waals surface area contributed by atoms with Gasteiger partial charge in [0.15, 0.2) is 17.3 Å². The van der Waals surface area contributed by atoms with E-state index in [-0.39, 0.29) is 17.9 Å². The molecule has 2 N–H and O–H groups in total. The van der Waals surface area contributed by atoms with Crippen molar-refractivity contribution < 1.29 is 23.5 Å². The predicted octanol–water partition coefficient (Wildman–Crippen LogP) is 2.58. The molecule has 1 aromatic carbocycles. The summed E-state index contributed by atoms with van der Waals surface area (Å²) in [6.45, 7) is 4.90. The number of nitrogens with zero attached hydrogens (tertiary/aromatic N) is 1. The van der Waals surface area contributed by atoms with Crippen molar-refractivity contribution in [2.45, 2.75) is 32.2 Å². The molecule has 4 rings (SSSR count). The maximum absolute atomic E-state index is 12.5. The van der Waals surface area contributed by atoms with Crippen LogP contribution < -0.4 is 20.1 Å². The molecule has 1 aromatic heterocycles. The Balaban J connectivity index is 1.23. The van der Waals surface area contributed by atoms with Crippen molar-refractivity contribution in [3.8, 4) is 11.5 Å². The highest BCUT2D eigenvalue weighted by Gasteiger charge is 2.24. The summed E-state index contributed by atoms with van der Waals surface area (Å²) in [5.74, 6) is 1.49. The van der Waals surface area contributed by atoms with E-state index >= 15 is 0 Å². The van der Waals surface area contributed by atoms with Crippen molar-refractivity contribution in [2.24, 2.45) is 0 Å². The number of nitrogens with one attached hydrogen (secondary N) is 2. The van der Waals surface area contributed by atoms with Crippen LogP contribution in [0.2, 0.25) is 0 Å². The van der Waals surface area contributed by atoms with Gasteiger partial charge in [-0.05, 0) is 38.0 Å². The van der Waals surface area contributed by atoms with E-state index in [1.165, 1.54) is 6.26 Å². The molecule has 8 nitrogen and oxygen atoms in total. The zero-order valence-electron chi connectivity index (χ0n) is 17.1. The first-order chi connectivity index (χ1) is 14.6. The molecule has 1 saturated heterocycles. The zero-order chi connectivity index (χ0) is 20.9. The Morgan fingerprint density at radius 1 is 1.10 bits per heavy atom. The molecule has 0 unspecified atom stereocenters. The highest BCUT2D eigenvalue weighted by Crippen LogP contribution is 2.32. The van der Waals surface area contributed by atoms with E-state index < -0.39 is 0 Å². The zero-order valence-corrected chi connectivity index (χ0v) is 17.1. The molecule has 0 saturated carbocycles. The lowest BCUT2D eigenvalue weighted by atomic mass is 10.0. The van der Waals surface area contributed by atoms with Crippen molar-refractivity contribution >= 4 is 17.5 Å². The van der Waals surface area contributed by atoms with Crippen LogP contribution in [0.15, 0.2) is 34.9 Å². The number of carbonyl (C=O) groups excluding carboxylic acids is 2. The van der Waals surface area contributed by atoms with E-state index in [1.54, 1.807) is 12.1 Å². The van der Waals surface area contributed by atoms with Gasteiger partial charge in [-0.15, -0.1) is 0 Å². The maximum Gasteiger partial charge on any atom is 0.287 e. The van der Waals surface area contributed by atoms with E-state index in [2.05, 4.69) is 15.5 Å². The first-order valence-electron chi connectivity index (χ1n) is 10.4. The molecule has 0 bridgehead atoms. The second-order valence-corrected chi connectivity index (χ2v) is 7.72. The number of fused-ring (bicyclic) bond motifs is 1. The largest absolute Gasteiger partial charge is 0.490 e. The Bertz CT molecular complexity index is 902. The first kappa shape index (κ1) is 20.3. The van der Waals surface area contributed by atoms with Crippen LogP contribution >= 0.6 is 0 Å². The fraction of sp³-hybridized carbons (Fsp3) is 0.455. The maximum atomic E-state index is 12.5. The summed E-state index contributed by atoms with van der Waals surface area (Å²) >= 11 is 0. The number of piperidine rings is 1. The molecule has 0 aliphatic carbocycles. The van der Waals surface area contributed by atoms with Gasteiger partial charge < -0.3 is 24.5 Å². The van der Waals surface area contributed by atoms with Crippen LogP contribution in [-0.2, 0) is 4.79 Å². The number of amides is 2. The number of benzene rings is 1. The average molecular weight is 413 g/mol. The van der Waals surface area contributed by atoms with Crippen molar-refractivity contribution in [2.75, 3.05) is 38.2 Å². The number of hydrogen-bond acceptors (Lipinski definition) is 6. The van der Waals surface area contributed by atoms with Crippen LogP contribution in [-0.4, -0.2) is 55.6 Å². The molecular formula is C22H27N3O5. The van der Waals surface area contributed by atoms with Crippen LogP contribution in [0.4, 0.5) is 5.69 Å². The predicted molar refractivity (Wildman–Crippen MR) is 111 cm³/mol.